The van der Waals surface area contributed by atoms with Crippen LogP contribution in [0.1, 0.15) is 15.2 Å². The fraction of sp³-hybridized carbons (Fsp3) is 0.0667. The van der Waals surface area contributed by atoms with Crippen molar-refractivity contribution in [3.05, 3.63) is 57.3 Å². The zero-order valence-corrected chi connectivity index (χ0v) is 12.7. The SMILES string of the molecule is COC(=O)c1ccc(Cl)cc1NC(=O)C=Cc1cccs1. The van der Waals surface area contributed by atoms with Crippen LogP contribution in [0.5, 0.6) is 0 Å². The first kappa shape index (κ1) is 15.3. The summed E-state index contributed by atoms with van der Waals surface area (Å²) in [5.41, 5.74) is 0.565. The summed E-state index contributed by atoms with van der Waals surface area (Å²) in [5, 5.41) is 4.96. The van der Waals surface area contributed by atoms with E-state index in [1.165, 1.54) is 36.7 Å². The fourth-order valence-electron chi connectivity index (χ4n) is 1.63. The molecular weight excluding hydrogens is 310 g/mol. The van der Waals surface area contributed by atoms with Crippen LogP contribution in [0, 0.1) is 0 Å². The number of rotatable bonds is 4. The maximum atomic E-state index is 11.9. The molecule has 4 nitrogen and oxygen atoms in total. The molecule has 1 amide bonds. The third-order valence-electron chi connectivity index (χ3n) is 2.59. The first-order chi connectivity index (χ1) is 10.1. The van der Waals surface area contributed by atoms with Gasteiger partial charge >= 0.3 is 5.97 Å². The van der Waals surface area contributed by atoms with E-state index < -0.39 is 5.97 Å². The van der Waals surface area contributed by atoms with Crippen molar-refractivity contribution in [3.8, 4) is 0 Å². The van der Waals surface area contributed by atoms with Crippen LogP contribution >= 0.6 is 22.9 Å². The van der Waals surface area contributed by atoms with Gasteiger partial charge in [0.25, 0.3) is 0 Å². The molecule has 0 aliphatic heterocycles. The predicted octanol–water partition coefficient (Wildman–Crippen LogP) is 3.84. The second-order valence-electron chi connectivity index (χ2n) is 4.02. The van der Waals surface area contributed by atoms with Crippen LogP contribution in [0.15, 0.2) is 41.8 Å². The zero-order valence-electron chi connectivity index (χ0n) is 11.1. The number of hydrogen-bond donors (Lipinski definition) is 1. The van der Waals surface area contributed by atoms with Gasteiger partial charge in [0, 0.05) is 16.0 Å². The minimum absolute atomic E-state index is 0.250. The van der Waals surface area contributed by atoms with Crippen LogP contribution in [0.2, 0.25) is 5.02 Å². The van der Waals surface area contributed by atoms with Crippen molar-refractivity contribution < 1.29 is 14.3 Å². The first-order valence-electron chi connectivity index (χ1n) is 6.00. The predicted molar refractivity (Wildman–Crippen MR) is 84.8 cm³/mol. The number of esters is 1. The Labute approximate surface area is 131 Å². The standard InChI is InChI=1S/C15H12ClNO3S/c1-20-15(19)12-6-4-10(16)9-13(12)17-14(18)7-5-11-3-2-8-21-11/h2-9H,1H3,(H,17,18). The molecule has 0 saturated heterocycles. The van der Waals surface area contributed by atoms with E-state index in [1.807, 2.05) is 17.5 Å². The minimum Gasteiger partial charge on any atom is -0.465 e. The Morgan fingerprint density at radius 1 is 1.33 bits per heavy atom. The molecule has 108 valence electrons. The lowest BCUT2D eigenvalue weighted by Gasteiger charge is -2.08. The highest BCUT2D eigenvalue weighted by Crippen LogP contribution is 2.22. The summed E-state index contributed by atoms with van der Waals surface area (Å²) < 4.78 is 4.67. The monoisotopic (exact) mass is 321 g/mol. The van der Waals surface area contributed by atoms with Crippen molar-refractivity contribution in [2.24, 2.45) is 0 Å². The second-order valence-corrected chi connectivity index (χ2v) is 5.44. The Bertz CT molecular complexity index is 680. The Kier molecular flexibility index (Phi) is 5.14. The molecule has 21 heavy (non-hydrogen) atoms. The molecule has 2 aromatic rings. The quantitative estimate of drug-likeness (QED) is 0.687. The maximum Gasteiger partial charge on any atom is 0.339 e. The van der Waals surface area contributed by atoms with Gasteiger partial charge in [-0.25, -0.2) is 4.79 Å². The molecule has 0 aliphatic carbocycles. The number of thiophene rings is 1. The number of halogens is 1. The smallest absolute Gasteiger partial charge is 0.339 e. The Hall–Kier alpha value is -2.11. The molecule has 0 aliphatic rings. The minimum atomic E-state index is -0.538. The van der Waals surface area contributed by atoms with Crippen molar-refractivity contribution in [2.45, 2.75) is 0 Å². The lowest BCUT2D eigenvalue weighted by atomic mass is 10.1. The molecule has 1 N–H and O–H groups in total. The molecular formula is C15H12ClNO3S. The Balaban J connectivity index is 2.16. The number of carbonyl (C=O) groups excluding carboxylic acids is 2. The van der Waals surface area contributed by atoms with E-state index >= 15 is 0 Å². The highest BCUT2D eigenvalue weighted by atomic mass is 35.5. The molecule has 0 spiro atoms. The van der Waals surface area contributed by atoms with E-state index in [-0.39, 0.29) is 11.5 Å². The molecule has 0 saturated carbocycles. The third-order valence-corrected chi connectivity index (χ3v) is 3.66. The molecule has 0 fully saturated rings. The number of amides is 1. The molecule has 1 aromatic carbocycles. The van der Waals surface area contributed by atoms with Crippen LogP contribution < -0.4 is 5.32 Å². The number of ether oxygens (including phenoxy) is 1. The molecule has 0 radical (unpaired) electrons. The molecule has 1 aromatic heterocycles. The van der Waals surface area contributed by atoms with Crippen molar-refractivity contribution in [3.63, 3.8) is 0 Å². The lowest BCUT2D eigenvalue weighted by molar-refractivity contribution is -0.111. The van der Waals surface area contributed by atoms with Gasteiger partial charge in [-0.3, -0.25) is 4.79 Å². The van der Waals surface area contributed by atoms with Crippen molar-refractivity contribution >= 4 is 46.6 Å². The number of carbonyl (C=O) groups is 2. The lowest BCUT2D eigenvalue weighted by Crippen LogP contribution is -2.13. The molecule has 0 unspecified atom stereocenters. The van der Waals surface area contributed by atoms with Gasteiger partial charge in [-0.05, 0) is 35.7 Å². The zero-order chi connectivity index (χ0) is 15.2. The number of methoxy groups -OCH3 is 1. The second kappa shape index (κ2) is 7.06. The summed E-state index contributed by atoms with van der Waals surface area (Å²) in [6.07, 6.45) is 3.09. The fourth-order valence-corrected chi connectivity index (χ4v) is 2.42. The van der Waals surface area contributed by atoms with E-state index in [1.54, 1.807) is 12.1 Å². The van der Waals surface area contributed by atoms with Gasteiger partial charge in [-0.1, -0.05) is 17.7 Å². The van der Waals surface area contributed by atoms with Crippen LogP contribution in [-0.4, -0.2) is 19.0 Å². The summed E-state index contributed by atoms with van der Waals surface area (Å²) in [4.78, 5) is 24.5. The van der Waals surface area contributed by atoms with Gasteiger partial charge in [0.2, 0.25) is 5.91 Å². The van der Waals surface area contributed by atoms with Crippen LogP contribution in [0.3, 0.4) is 0 Å². The van der Waals surface area contributed by atoms with Gasteiger partial charge in [-0.15, -0.1) is 11.3 Å². The Morgan fingerprint density at radius 3 is 2.81 bits per heavy atom. The number of anilines is 1. The molecule has 0 bridgehead atoms. The van der Waals surface area contributed by atoms with Crippen LogP contribution in [0.4, 0.5) is 5.69 Å². The third kappa shape index (κ3) is 4.18. The largest absolute Gasteiger partial charge is 0.465 e. The van der Waals surface area contributed by atoms with E-state index in [0.717, 1.165) is 4.88 Å². The highest BCUT2D eigenvalue weighted by Gasteiger charge is 2.13. The van der Waals surface area contributed by atoms with Crippen LogP contribution in [0.25, 0.3) is 6.08 Å². The van der Waals surface area contributed by atoms with Gasteiger partial charge < -0.3 is 10.1 Å². The number of benzene rings is 1. The van der Waals surface area contributed by atoms with E-state index in [2.05, 4.69) is 10.1 Å². The van der Waals surface area contributed by atoms with Gasteiger partial charge in [-0.2, -0.15) is 0 Å². The summed E-state index contributed by atoms with van der Waals surface area (Å²) in [7, 11) is 1.28. The number of nitrogens with one attached hydrogen (secondary N) is 1. The average Bonchev–Trinajstić information content (AvgIpc) is 2.98. The van der Waals surface area contributed by atoms with Gasteiger partial charge in [0.1, 0.15) is 0 Å². The van der Waals surface area contributed by atoms with Gasteiger partial charge in [0.15, 0.2) is 0 Å². The summed E-state index contributed by atoms with van der Waals surface area (Å²) in [5.74, 6) is -0.889. The van der Waals surface area contributed by atoms with Crippen LogP contribution in [-0.2, 0) is 9.53 Å². The van der Waals surface area contributed by atoms with Crippen molar-refractivity contribution in [1.82, 2.24) is 0 Å². The summed E-state index contributed by atoms with van der Waals surface area (Å²) in [6.45, 7) is 0. The van der Waals surface area contributed by atoms with E-state index in [4.69, 9.17) is 11.6 Å². The topological polar surface area (TPSA) is 55.4 Å². The van der Waals surface area contributed by atoms with E-state index in [0.29, 0.717) is 10.7 Å². The molecule has 0 atom stereocenters. The first-order valence-corrected chi connectivity index (χ1v) is 7.26. The average molecular weight is 322 g/mol. The van der Waals surface area contributed by atoms with E-state index in [9.17, 15) is 9.59 Å². The molecule has 6 heteroatoms. The highest BCUT2D eigenvalue weighted by molar-refractivity contribution is 7.10. The van der Waals surface area contributed by atoms with Crippen molar-refractivity contribution in [1.29, 1.82) is 0 Å². The molecule has 2 rings (SSSR count). The van der Waals surface area contributed by atoms with Crippen molar-refractivity contribution in [2.75, 3.05) is 12.4 Å². The summed E-state index contributed by atoms with van der Waals surface area (Å²) in [6, 6.07) is 8.37. The summed E-state index contributed by atoms with van der Waals surface area (Å²) >= 11 is 7.41. The normalized spacial score (nSPS) is 10.6. The molecule has 1 heterocycles. The Morgan fingerprint density at radius 2 is 2.14 bits per heavy atom. The maximum absolute atomic E-state index is 11.9. The van der Waals surface area contributed by atoms with Gasteiger partial charge in [0.05, 0.1) is 18.4 Å². The number of hydrogen-bond acceptors (Lipinski definition) is 4.